The molecule has 480 valence electrons. The normalized spacial score (nSPS) is 29.9. The van der Waals surface area contributed by atoms with Crippen molar-refractivity contribution in [3.05, 3.63) is 109 Å². The number of carbonyl (C=O) groups is 1. The van der Waals surface area contributed by atoms with Gasteiger partial charge in [-0.25, -0.2) is 0 Å². The molecule has 19 nitrogen and oxygen atoms in total. The van der Waals surface area contributed by atoms with Crippen molar-refractivity contribution in [2.75, 3.05) is 26.4 Å². The largest absolute Gasteiger partial charge is 0.394 e. The highest BCUT2D eigenvalue weighted by Crippen LogP contribution is 2.33. The molecule has 3 saturated heterocycles. The Bertz CT molecular complexity index is 1950. The number of unbranched alkanes of at least 4 members (excludes halogenated alkanes) is 12. The predicted octanol–water partition coefficient (Wildman–Crippen LogP) is 6.31. The maximum absolute atomic E-state index is 13.2. The standard InChI is InChI=1S/C65H107NO18/c1-3-5-7-9-10-11-12-13-14-15-16-17-18-19-20-21-22-23-24-25-26-27-28-29-30-31-32-33-34-35-36-37-38-39-41-43-53(71)66-48(49(70)42-40-8-6-4-2)47-79-63-59(77)56(74)61(51(45-68)81-63)84-65-60(78)57(75)62(52(46-69)82-65)83-64-58(76)55(73)54(72)50(44-67)80-64/h5,7,10-11,13-14,16-17,19-20,22-23,25-26,28-29,40,42,48-52,54-65,67-70,72-78H,3-4,6,8-9,12,15,18,21,24,27,30-39,41,43-47H2,1-2H3,(H,66,71)/b7-5-,11-10-,14-13-,17-16-,20-19-,23-22-,26-25-,29-28-,42-40+. The lowest BCUT2D eigenvalue weighted by Crippen LogP contribution is -2.66. The Morgan fingerprint density at radius 2 is 0.821 bits per heavy atom. The van der Waals surface area contributed by atoms with Crippen LogP contribution in [0.1, 0.15) is 162 Å². The van der Waals surface area contributed by atoms with Gasteiger partial charge in [-0.2, -0.15) is 0 Å². The molecule has 0 spiro atoms. The van der Waals surface area contributed by atoms with E-state index in [9.17, 15) is 61.0 Å². The second-order valence-corrected chi connectivity index (χ2v) is 21.8. The van der Waals surface area contributed by atoms with Gasteiger partial charge in [0.15, 0.2) is 18.9 Å². The van der Waals surface area contributed by atoms with E-state index in [1.165, 1.54) is 32.1 Å². The number of aliphatic hydroxyl groups is 11. The Morgan fingerprint density at radius 1 is 0.440 bits per heavy atom. The summed E-state index contributed by atoms with van der Waals surface area (Å²) < 4.78 is 34.0. The Balaban J connectivity index is 1.29. The summed E-state index contributed by atoms with van der Waals surface area (Å²) >= 11 is 0. The lowest BCUT2D eigenvalue weighted by molar-refractivity contribution is -0.379. The van der Waals surface area contributed by atoms with Crippen LogP contribution in [0.25, 0.3) is 0 Å². The van der Waals surface area contributed by atoms with Crippen molar-refractivity contribution >= 4 is 5.91 Å². The lowest BCUT2D eigenvalue weighted by atomic mass is 9.96. The van der Waals surface area contributed by atoms with E-state index in [2.05, 4.69) is 109 Å². The summed E-state index contributed by atoms with van der Waals surface area (Å²) in [6, 6.07) is -0.978. The van der Waals surface area contributed by atoms with Gasteiger partial charge in [-0.1, -0.05) is 187 Å². The number of ether oxygens (including phenoxy) is 6. The van der Waals surface area contributed by atoms with E-state index in [0.717, 1.165) is 96.3 Å². The third kappa shape index (κ3) is 29.4. The van der Waals surface area contributed by atoms with Gasteiger partial charge in [-0.05, 0) is 77.0 Å². The van der Waals surface area contributed by atoms with Crippen molar-refractivity contribution in [1.29, 1.82) is 0 Å². The molecule has 0 bridgehead atoms. The molecule has 19 heteroatoms. The summed E-state index contributed by atoms with van der Waals surface area (Å²) in [4.78, 5) is 13.2. The van der Waals surface area contributed by atoms with Crippen LogP contribution in [0.4, 0.5) is 0 Å². The van der Waals surface area contributed by atoms with E-state index < -0.39 is 124 Å². The second kappa shape index (κ2) is 46.6. The maximum atomic E-state index is 13.2. The molecule has 0 aromatic rings. The van der Waals surface area contributed by atoms with Crippen molar-refractivity contribution in [1.82, 2.24) is 5.32 Å². The smallest absolute Gasteiger partial charge is 0.220 e. The summed E-state index contributed by atoms with van der Waals surface area (Å²) in [5.74, 6) is -0.296. The number of allylic oxidation sites excluding steroid dienone is 17. The van der Waals surface area contributed by atoms with Crippen LogP contribution in [0.3, 0.4) is 0 Å². The summed E-state index contributed by atoms with van der Waals surface area (Å²) in [5.41, 5.74) is 0. The van der Waals surface area contributed by atoms with Gasteiger partial charge in [0.1, 0.15) is 73.2 Å². The Morgan fingerprint density at radius 3 is 1.27 bits per heavy atom. The minimum Gasteiger partial charge on any atom is -0.394 e. The molecule has 3 aliphatic rings. The van der Waals surface area contributed by atoms with Gasteiger partial charge in [-0.3, -0.25) is 4.79 Å². The minimum atomic E-state index is -1.98. The molecular weight excluding hydrogens is 1080 g/mol. The SMILES string of the molecule is CC/C=C\C/C=C\C/C=C\C/C=C\C/C=C\C/C=C\C/C=C\C/C=C\CCCCCCCCCCCCC(=O)NC(COC1OC(CO)C(OC2OC(CO)C(OC3OC(CO)C(O)C(O)C3O)C(O)C2O)C(O)C1O)C(O)/C=C/CCCC. The third-order valence-corrected chi connectivity index (χ3v) is 14.8. The van der Waals surface area contributed by atoms with Crippen LogP contribution in [0.5, 0.6) is 0 Å². The number of hydrogen-bond donors (Lipinski definition) is 12. The maximum Gasteiger partial charge on any atom is 0.220 e. The average molecular weight is 1190 g/mol. The van der Waals surface area contributed by atoms with E-state index in [0.29, 0.717) is 12.8 Å². The van der Waals surface area contributed by atoms with Gasteiger partial charge >= 0.3 is 0 Å². The first-order chi connectivity index (χ1) is 40.8. The molecule has 17 atom stereocenters. The monoisotopic (exact) mass is 1190 g/mol. The third-order valence-electron chi connectivity index (χ3n) is 14.8. The van der Waals surface area contributed by atoms with E-state index in [1.807, 2.05) is 13.0 Å². The number of amides is 1. The molecule has 0 aromatic heterocycles. The molecule has 1 amide bonds. The van der Waals surface area contributed by atoms with Gasteiger partial charge in [0, 0.05) is 6.42 Å². The van der Waals surface area contributed by atoms with Crippen LogP contribution in [-0.2, 0) is 33.2 Å². The topological polar surface area (TPSA) is 307 Å². The van der Waals surface area contributed by atoms with Crippen LogP contribution in [-0.4, -0.2) is 193 Å². The van der Waals surface area contributed by atoms with Crippen molar-refractivity contribution in [3.63, 3.8) is 0 Å². The fraction of sp³-hybridized carbons (Fsp3) is 0.708. The van der Waals surface area contributed by atoms with Crippen molar-refractivity contribution in [2.24, 2.45) is 0 Å². The molecule has 0 aliphatic carbocycles. The first-order valence-corrected chi connectivity index (χ1v) is 31.1. The zero-order chi connectivity index (χ0) is 61.2. The zero-order valence-corrected chi connectivity index (χ0v) is 50.1. The minimum absolute atomic E-state index is 0.228. The Kier molecular flexibility index (Phi) is 41.4. The molecule has 0 aromatic carbocycles. The van der Waals surface area contributed by atoms with Crippen molar-refractivity contribution in [3.8, 4) is 0 Å². The summed E-state index contributed by atoms with van der Waals surface area (Å²) in [6.45, 7) is 1.40. The molecule has 0 saturated carbocycles. The molecular formula is C65H107NO18. The number of aliphatic hydroxyl groups excluding tert-OH is 11. The Labute approximate surface area is 500 Å². The van der Waals surface area contributed by atoms with E-state index in [4.69, 9.17) is 28.4 Å². The van der Waals surface area contributed by atoms with Gasteiger partial charge in [0.05, 0.1) is 38.6 Å². The van der Waals surface area contributed by atoms with Crippen molar-refractivity contribution in [2.45, 2.75) is 266 Å². The highest BCUT2D eigenvalue weighted by atomic mass is 16.8. The van der Waals surface area contributed by atoms with Crippen LogP contribution < -0.4 is 5.32 Å². The summed E-state index contributed by atoms with van der Waals surface area (Å²) in [7, 11) is 0. The van der Waals surface area contributed by atoms with Gasteiger partial charge < -0.3 is 89.9 Å². The highest BCUT2D eigenvalue weighted by molar-refractivity contribution is 5.76. The quantitative estimate of drug-likeness (QED) is 0.0235. The molecule has 3 fully saturated rings. The number of rotatable bonds is 44. The summed E-state index contributed by atoms with van der Waals surface area (Å²) in [6.07, 6.45) is 34.7. The molecule has 3 rings (SSSR count). The molecule has 12 N–H and O–H groups in total. The fourth-order valence-electron chi connectivity index (χ4n) is 9.72. The van der Waals surface area contributed by atoms with E-state index in [1.54, 1.807) is 6.08 Å². The van der Waals surface area contributed by atoms with E-state index >= 15 is 0 Å². The number of carbonyl (C=O) groups excluding carboxylic acids is 1. The second-order valence-electron chi connectivity index (χ2n) is 21.8. The van der Waals surface area contributed by atoms with Crippen LogP contribution >= 0.6 is 0 Å². The first-order valence-electron chi connectivity index (χ1n) is 31.1. The van der Waals surface area contributed by atoms with Gasteiger partial charge in [-0.15, -0.1) is 0 Å². The fourth-order valence-corrected chi connectivity index (χ4v) is 9.72. The van der Waals surface area contributed by atoms with Gasteiger partial charge in [0.25, 0.3) is 0 Å². The predicted molar refractivity (Wildman–Crippen MR) is 323 cm³/mol. The molecule has 3 heterocycles. The Hall–Kier alpha value is -3.55. The number of nitrogens with one attached hydrogen (secondary N) is 1. The number of hydrogen-bond acceptors (Lipinski definition) is 18. The molecule has 0 radical (unpaired) electrons. The molecule has 17 unspecified atom stereocenters. The summed E-state index contributed by atoms with van der Waals surface area (Å²) in [5, 5.41) is 119. The van der Waals surface area contributed by atoms with Crippen LogP contribution in [0.2, 0.25) is 0 Å². The van der Waals surface area contributed by atoms with Gasteiger partial charge in [0.2, 0.25) is 5.91 Å². The highest BCUT2D eigenvalue weighted by Gasteiger charge is 2.53. The van der Waals surface area contributed by atoms with Crippen LogP contribution in [0.15, 0.2) is 109 Å². The van der Waals surface area contributed by atoms with Crippen molar-refractivity contribution < 1.29 is 89.4 Å². The van der Waals surface area contributed by atoms with E-state index in [-0.39, 0.29) is 18.9 Å². The molecule has 84 heavy (non-hydrogen) atoms. The first kappa shape index (κ1) is 74.7. The molecule has 3 aliphatic heterocycles. The average Bonchev–Trinajstić information content (AvgIpc) is 3.52. The zero-order valence-electron chi connectivity index (χ0n) is 50.1. The van der Waals surface area contributed by atoms with Crippen LogP contribution in [0, 0.1) is 0 Å². The lowest BCUT2D eigenvalue weighted by Gasteiger charge is -2.48.